The van der Waals surface area contributed by atoms with Gasteiger partial charge in [0.1, 0.15) is 6.07 Å². The van der Waals surface area contributed by atoms with Gasteiger partial charge in [-0.2, -0.15) is 10.4 Å². The second-order valence-electron chi connectivity index (χ2n) is 3.67. The topological polar surface area (TPSA) is 41.6 Å². The van der Waals surface area contributed by atoms with E-state index in [4.69, 9.17) is 16.9 Å². The average molecular weight is 311 g/mol. The Kier molecular flexibility index (Phi) is 3.23. The lowest BCUT2D eigenvalue weighted by molar-refractivity contribution is 0.833. The van der Waals surface area contributed by atoms with Crippen LogP contribution in [0.3, 0.4) is 0 Å². The summed E-state index contributed by atoms with van der Waals surface area (Å²) in [6.07, 6.45) is 0. The molecule has 0 atom stereocenters. The molecule has 0 aliphatic rings. The zero-order chi connectivity index (χ0) is 12.6. The summed E-state index contributed by atoms with van der Waals surface area (Å²) in [4.78, 5) is 0. The third-order valence-corrected chi connectivity index (χ3v) is 3.72. The highest BCUT2D eigenvalue weighted by Gasteiger charge is 2.11. The minimum absolute atomic E-state index is 0.598. The number of nitriles is 1. The Hall–Kier alpha value is -1.31. The first-order valence-electron chi connectivity index (χ1n) is 4.96. The second kappa shape index (κ2) is 4.52. The second-order valence-corrected chi connectivity index (χ2v) is 4.90. The van der Waals surface area contributed by atoms with E-state index in [1.165, 1.54) is 0 Å². The number of nitrogens with zero attached hydrogens (tertiary/aromatic N) is 3. The van der Waals surface area contributed by atoms with Gasteiger partial charge in [-0.3, -0.25) is 0 Å². The van der Waals surface area contributed by atoms with E-state index < -0.39 is 0 Å². The van der Waals surface area contributed by atoms with E-state index >= 15 is 0 Å². The highest BCUT2D eigenvalue weighted by Crippen LogP contribution is 2.25. The molecule has 2 aromatic rings. The first-order valence-corrected chi connectivity index (χ1v) is 6.13. The number of benzene rings is 1. The maximum atomic E-state index is 8.86. The molecule has 1 aromatic heterocycles. The van der Waals surface area contributed by atoms with E-state index in [-0.39, 0.29) is 0 Å². The molecule has 0 N–H and O–H groups in total. The summed E-state index contributed by atoms with van der Waals surface area (Å²) in [5.41, 5.74) is 3.16. The molecule has 2 rings (SSSR count). The number of hydrogen-bond acceptors (Lipinski definition) is 2. The van der Waals surface area contributed by atoms with E-state index in [1.54, 1.807) is 10.7 Å². The maximum absolute atomic E-state index is 8.86. The standard InChI is InChI=1S/C12H9BrClN3/c1-7-12(14)8(2)17(16-7)10-4-3-9(6-15)11(13)5-10/h3-5H,1-2H3. The molecule has 0 saturated carbocycles. The van der Waals surface area contributed by atoms with Gasteiger partial charge in [0, 0.05) is 4.47 Å². The Labute approximate surface area is 113 Å². The van der Waals surface area contributed by atoms with Crippen LogP contribution < -0.4 is 0 Å². The van der Waals surface area contributed by atoms with Crippen molar-refractivity contribution in [3.8, 4) is 11.8 Å². The van der Waals surface area contributed by atoms with Gasteiger partial charge in [-0.25, -0.2) is 4.68 Å². The molecule has 5 heteroatoms. The van der Waals surface area contributed by atoms with E-state index in [0.717, 1.165) is 21.5 Å². The highest BCUT2D eigenvalue weighted by molar-refractivity contribution is 9.10. The Morgan fingerprint density at radius 3 is 2.59 bits per heavy atom. The summed E-state index contributed by atoms with van der Waals surface area (Å²) in [5, 5.41) is 13.9. The fourth-order valence-electron chi connectivity index (χ4n) is 1.60. The van der Waals surface area contributed by atoms with Crippen molar-refractivity contribution < 1.29 is 0 Å². The summed E-state index contributed by atoms with van der Waals surface area (Å²) in [5.74, 6) is 0. The van der Waals surface area contributed by atoms with Crippen LogP contribution in [0.5, 0.6) is 0 Å². The molecule has 1 aromatic carbocycles. The molecule has 0 unspecified atom stereocenters. The molecular formula is C12H9BrClN3. The van der Waals surface area contributed by atoms with Crippen molar-refractivity contribution in [3.05, 3.63) is 44.6 Å². The van der Waals surface area contributed by atoms with Gasteiger partial charge in [0.05, 0.1) is 27.7 Å². The zero-order valence-corrected chi connectivity index (χ0v) is 11.7. The first-order chi connectivity index (χ1) is 8.04. The van der Waals surface area contributed by atoms with Gasteiger partial charge >= 0.3 is 0 Å². The number of rotatable bonds is 1. The molecule has 1 heterocycles. The van der Waals surface area contributed by atoms with Gasteiger partial charge in [-0.15, -0.1) is 0 Å². The summed E-state index contributed by atoms with van der Waals surface area (Å²) in [6, 6.07) is 7.56. The number of aryl methyl sites for hydroxylation is 1. The molecule has 0 aliphatic heterocycles. The fourth-order valence-corrected chi connectivity index (χ4v) is 2.17. The molecule has 0 bridgehead atoms. The highest BCUT2D eigenvalue weighted by atomic mass is 79.9. The third-order valence-electron chi connectivity index (χ3n) is 2.52. The summed E-state index contributed by atoms with van der Waals surface area (Å²) in [7, 11) is 0. The van der Waals surface area contributed by atoms with Gasteiger partial charge in [-0.1, -0.05) is 11.6 Å². The van der Waals surface area contributed by atoms with E-state index in [1.807, 2.05) is 26.0 Å². The van der Waals surface area contributed by atoms with Crippen molar-refractivity contribution in [1.82, 2.24) is 9.78 Å². The average Bonchev–Trinajstić information content (AvgIpc) is 2.57. The van der Waals surface area contributed by atoms with Crippen molar-refractivity contribution in [1.29, 1.82) is 5.26 Å². The van der Waals surface area contributed by atoms with E-state index in [0.29, 0.717) is 10.6 Å². The Morgan fingerprint density at radius 2 is 2.12 bits per heavy atom. The molecule has 0 spiro atoms. The number of halogens is 2. The van der Waals surface area contributed by atoms with E-state index in [2.05, 4.69) is 27.1 Å². The molecule has 0 fully saturated rings. The lowest BCUT2D eigenvalue weighted by Crippen LogP contribution is -1.99. The van der Waals surface area contributed by atoms with Crippen LogP contribution >= 0.6 is 27.5 Å². The van der Waals surface area contributed by atoms with Crippen molar-refractivity contribution in [2.75, 3.05) is 0 Å². The third kappa shape index (κ3) is 2.08. The molecule has 0 saturated heterocycles. The smallest absolute Gasteiger partial charge is 0.100 e. The van der Waals surface area contributed by atoms with Crippen LogP contribution in [0.2, 0.25) is 5.02 Å². The van der Waals surface area contributed by atoms with Crippen LogP contribution in [0.25, 0.3) is 5.69 Å². The first kappa shape index (κ1) is 12.2. The van der Waals surface area contributed by atoms with Gasteiger partial charge < -0.3 is 0 Å². The normalized spacial score (nSPS) is 10.3. The minimum atomic E-state index is 0.598. The summed E-state index contributed by atoms with van der Waals surface area (Å²) >= 11 is 9.46. The molecule has 0 radical (unpaired) electrons. The van der Waals surface area contributed by atoms with Crippen LogP contribution in [0.4, 0.5) is 0 Å². The molecule has 3 nitrogen and oxygen atoms in total. The Bertz CT molecular complexity index is 625. The van der Waals surface area contributed by atoms with Crippen LogP contribution in [-0.2, 0) is 0 Å². The summed E-state index contributed by atoms with van der Waals surface area (Å²) in [6.45, 7) is 3.78. The monoisotopic (exact) mass is 309 g/mol. The van der Waals surface area contributed by atoms with Crippen LogP contribution in [0.1, 0.15) is 17.0 Å². The molecule has 86 valence electrons. The zero-order valence-electron chi connectivity index (χ0n) is 9.33. The largest absolute Gasteiger partial charge is 0.236 e. The fraction of sp³-hybridized carbons (Fsp3) is 0.167. The molecule has 17 heavy (non-hydrogen) atoms. The quantitative estimate of drug-likeness (QED) is 0.804. The molecule has 0 amide bonds. The van der Waals surface area contributed by atoms with Crippen molar-refractivity contribution in [3.63, 3.8) is 0 Å². The van der Waals surface area contributed by atoms with E-state index in [9.17, 15) is 0 Å². The van der Waals surface area contributed by atoms with Gasteiger partial charge in [0.2, 0.25) is 0 Å². The summed E-state index contributed by atoms with van der Waals surface area (Å²) < 4.78 is 2.52. The van der Waals surface area contributed by atoms with Gasteiger partial charge in [0.15, 0.2) is 0 Å². The predicted molar refractivity (Wildman–Crippen MR) is 70.5 cm³/mol. The van der Waals surface area contributed by atoms with Crippen molar-refractivity contribution in [2.24, 2.45) is 0 Å². The SMILES string of the molecule is Cc1nn(-c2ccc(C#N)c(Br)c2)c(C)c1Cl. The predicted octanol–water partition coefficient (Wildman–Crippen LogP) is 3.78. The van der Waals surface area contributed by atoms with Crippen LogP contribution in [-0.4, -0.2) is 9.78 Å². The van der Waals surface area contributed by atoms with Gasteiger partial charge in [-0.05, 0) is 48.0 Å². The van der Waals surface area contributed by atoms with Crippen molar-refractivity contribution >= 4 is 27.5 Å². The van der Waals surface area contributed by atoms with Crippen LogP contribution in [0, 0.1) is 25.2 Å². The molecule has 0 aliphatic carbocycles. The number of hydrogen-bond donors (Lipinski definition) is 0. The molecular weight excluding hydrogens is 302 g/mol. The Morgan fingerprint density at radius 1 is 1.41 bits per heavy atom. The Balaban J connectivity index is 2.58. The van der Waals surface area contributed by atoms with Gasteiger partial charge in [0.25, 0.3) is 0 Å². The maximum Gasteiger partial charge on any atom is 0.100 e. The lowest BCUT2D eigenvalue weighted by atomic mass is 10.2. The van der Waals surface area contributed by atoms with Crippen LogP contribution in [0.15, 0.2) is 22.7 Å². The van der Waals surface area contributed by atoms with Crippen molar-refractivity contribution in [2.45, 2.75) is 13.8 Å². The minimum Gasteiger partial charge on any atom is -0.236 e. The lowest BCUT2D eigenvalue weighted by Gasteiger charge is -2.05. The number of aromatic nitrogens is 2.